The van der Waals surface area contributed by atoms with Gasteiger partial charge in [-0.25, -0.2) is 4.79 Å². The number of hydrogen-bond donors (Lipinski definition) is 1. The number of carbonyl (C=O) groups is 1. The average molecular weight is 415 g/mol. The van der Waals surface area contributed by atoms with E-state index in [2.05, 4.69) is 80.2 Å². The largest absolute Gasteiger partial charge is 0.462 e. The van der Waals surface area contributed by atoms with Gasteiger partial charge < -0.3 is 9.84 Å². The van der Waals surface area contributed by atoms with Crippen molar-refractivity contribution in [2.75, 3.05) is 13.2 Å². The highest BCUT2D eigenvalue weighted by atomic mass is 16.5. The van der Waals surface area contributed by atoms with Gasteiger partial charge in [-0.2, -0.15) is 0 Å². The van der Waals surface area contributed by atoms with E-state index in [1.54, 1.807) is 6.92 Å². The van der Waals surface area contributed by atoms with Crippen molar-refractivity contribution >= 4 is 5.97 Å². The SMILES string of the molecule is C=C(C)C(=O)OCCc1cc(-c2ccc(-c3ccccc3CC)cc2)ccc1CCO. The molecule has 3 aromatic carbocycles. The summed E-state index contributed by atoms with van der Waals surface area (Å²) in [6.45, 7) is 7.81. The number of ether oxygens (including phenoxy) is 1. The van der Waals surface area contributed by atoms with Gasteiger partial charge in [-0.15, -0.1) is 0 Å². The first-order valence-corrected chi connectivity index (χ1v) is 10.8. The summed E-state index contributed by atoms with van der Waals surface area (Å²) in [5.74, 6) is -0.372. The highest BCUT2D eigenvalue weighted by Gasteiger charge is 2.09. The van der Waals surface area contributed by atoms with Crippen molar-refractivity contribution < 1.29 is 14.6 Å². The maximum Gasteiger partial charge on any atom is 0.333 e. The molecule has 3 rings (SSSR count). The van der Waals surface area contributed by atoms with Crippen LogP contribution in [0.3, 0.4) is 0 Å². The molecule has 160 valence electrons. The van der Waals surface area contributed by atoms with E-state index in [9.17, 15) is 9.90 Å². The summed E-state index contributed by atoms with van der Waals surface area (Å²) >= 11 is 0. The van der Waals surface area contributed by atoms with E-state index in [0.717, 1.165) is 28.7 Å². The molecule has 1 N–H and O–H groups in total. The van der Waals surface area contributed by atoms with E-state index >= 15 is 0 Å². The molecule has 0 aliphatic carbocycles. The van der Waals surface area contributed by atoms with Gasteiger partial charge in [-0.05, 0) is 58.7 Å². The number of aliphatic hydroxyl groups excluding tert-OH is 1. The summed E-state index contributed by atoms with van der Waals surface area (Å²) in [4.78, 5) is 11.7. The number of rotatable bonds is 9. The first kappa shape index (κ1) is 22.5. The van der Waals surface area contributed by atoms with Crippen LogP contribution in [0, 0.1) is 0 Å². The summed E-state index contributed by atoms with van der Waals surface area (Å²) in [6.07, 6.45) is 2.19. The monoisotopic (exact) mass is 414 g/mol. The Hall–Kier alpha value is -3.17. The number of aryl methyl sites for hydroxylation is 1. The zero-order valence-corrected chi connectivity index (χ0v) is 18.4. The van der Waals surface area contributed by atoms with E-state index in [1.807, 2.05) is 0 Å². The number of esters is 1. The van der Waals surface area contributed by atoms with Crippen LogP contribution in [0.1, 0.15) is 30.5 Å². The van der Waals surface area contributed by atoms with E-state index in [0.29, 0.717) is 25.0 Å². The van der Waals surface area contributed by atoms with Crippen LogP contribution in [0.2, 0.25) is 0 Å². The van der Waals surface area contributed by atoms with Crippen LogP contribution >= 0.6 is 0 Å². The van der Waals surface area contributed by atoms with Gasteiger partial charge in [0.1, 0.15) is 0 Å². The Kier molecular flexibility index (Phi) is 7.80. The van der Waals surface area contributed by atoms with Gasteiger partial charge in [0.15, 0.2) is 0 Å². The standard InChI is InChI=1S/C28H30O3/c1-4-21-7-5-6-8-27(21)24-12-9-22(10-13-24)25-14-11-23(15-17-29)26(19-25)16-18-31-28(30)20(2)3/h5-14,19,29H,2,4,15-18H2,1,3H3. The molecule has 0 unspecified atom stereocenters. The third kappa shape index (κ3) is 5.71. The Balaban J connectivity index is 1.83. The van der Waals surface area contributed by atoms with Crippen LogP contribution in [0.15, 0.2) is 78.9 Å². The molecule has 0 radical (unpaired) electrons. The van der Waals surface area contributed by atoms with Crippen LogP contribution in [-0.4, -0.2) is 24.3 Å². The van der Waals surface area contributed by atoms with Gasteiger partial charge in [-0.3, -0.25) is 0 Å². The molecule has 3 nitrogen and oxygen atoms in total. The first-order chi connectivity index (χ1) is 15.0. The zero-order valence-electron chi connectivity index (χ0n) is 18.4. The lowest BCUT2D eigenvalue weighted by Gasteiger charge is -2.13. The minimum Gasteiger partial charge on any atom is -0.462 e. The second-order valence-electron chi connectivity index (χ2n) is 7.71. The molecule has 0 aromatic heterocycles. The second-order valence-corrected chi connectivity index (χ2v) is 7.71. The van der Waals surface area contributed by atoms with Gasteiger partial charge >= 0.3 is 5.97 Å². The number of carbonyl (C=O) groups excluding carboxylic acids is 1. The maximum atomic E-state index is 11.7. The summed E-state index contributed by atoms with van der Waals surface area (Å²) in [5.41, 5.74) is 8.63. The van der Waals surface area contributed by atoms with Crippen molar-refractivity contribution in [3.63, 3.8) is 0 Å². The fourth-order valence-corrected chi connectivity index (χ4v) is 3.73. The molecule has 0 aliphatic heterocycles. The van der Waals surface area contributed by atoms with Crippen LogP contribution < -0.4 is 0 Å². The molecule has 0 saturated carbocycles. The molecule has 0 amide bonds. The quantitative estimate of drug-likeness (QED) is 0.357. The molecule has 0 fully saturated rings. The summed E-state index contributed by atoms with van der Waals surface area (Å²) in [6, 6.07) is 23.4. The van der Waals surface area contributed by atoms with Gasteiger partial charge in [0.05, 0.1) is 6.61 Å². The molecule has 3 aromatic rings. The minimum atomic E-state index is -0.372. The van der Waals surface area contributed by atoms with Gasteiger partial charge in [0.2, 0.25) is 0 Å². The zero-order chi connectivity index (χ0) is 22.2. The van der Waals surface area contributed by atoms with Crippen molar-refractivity contribution in [1.29, 1.82) is 0 Å². The summed E-state index contributed by atoms with van der Waals surface area (Å²) < 4.78 is 5.27. The summed E-state index contributed by atoms with van der Waals surface area (Å²) in [5, 5.41) is 9.40. The van der Waals surface area contributed by atoms with Gasteiger partial charge in [0, 0.05) is 18.6 Å². The van der Waals surface area contributed by atoms with Crippen molar-refractivity contribution in [3.05, 3.63) is 95.6 Å². The Bertz CT molecular complexity index is 1050. The molecule has 0 aliphatic rings. The number of aliphatic hydroxyl groups is 1. The molecule has 0 atom stereocenters. The lowest BCUT2D eigenvalue weighted by atomic mass is 9.93. The molecule has 0 saturated heterocycles. The van der Waals surface area contributed by atoms with Crippen molar-refractivity contribution in [3.8, 4) is 22.3 Å². The molecular formula is C28H30O3. The first-order valence-electron chi connectivity index (χ1n) is 10.8. The Morgan fingerprint density at radius 1 is 0.871 bits per heavy atom. The van der Waals surface area contributed by atoms with Gasteiger partial charge in [0.25, 0.3) is 0 Å². The molecular weight excluding hydrogens is 384 g/mol. The van der Waals surface area contributed by atoms with Gasteiger partial charge in [-0.1, -0.05) is 80.2 Å². The Morgan fingerprint density at radius 2 is 1.55 bits per heavy atom. The van der Waals surface area contributed by atoms with Crippen LogP contribution in [-0.2, 0) is 28.8 Å². The lowest BCUT2D eigenvalue weighted by molar-refractivity contribution is -0.138. The number of benzene rings is 3. The lowest BCUT2D eigenvalue weighted by Crippen LogP contribution is -2.09. The summed E-state index contributed by atoms with van der Waals surface area (Å²) in [7, 11) is 0. The topological polar surface area (TPSA) is 46.5 Å². The fourth-order valence-electron chi connectivity index (χ4n) is 3.73. The van der Waals surface area contributed by atoms with Crippen LogP contribution in [0.4, 0.5) is 0 Å². The van der Waals surface area contributed by atoms with Crippen molar-refractivity contribution in [2.45, 2.75) is 33.1 Å². The average Bonchev–Trinajstić information content (AvgIpc) is 2.80. The van der Waals surface area contributed by atoms with E-state index in [1.165, 1.54) is 16.7 Å². The molecule has 31 heavy (non-hydrogen) atoms. The van der Waals surface area contributed by atoms with Crippen molar-refractivity contribution in [1.82, 2.24) is 0 Å². The fraction of sp³-hybridized carbons (Fsp3) is 0.250. The predicted molar refractivity (Wildman–Crippen MR) is 127 cm³/mol. The van der Waals surface area contributed by atoms with E-state index in [-0.39, 0.29) is 12.6 Å². The normalized spacial score (nSPS) is 10.7. The minimum absolute atomic E-state index is 0.0867. The van der Waals surface area contributed by atoms with E-state index in [4.69, 9.17) is 4.74 Å². The van der Waals surface area contributed by atoms with Crippen LogP contribution in [0.5, 0.6) is 0 Å². The molecule has 3 heteroatoms. The third-order valence-corrected chi connectivity index (χ3v) is 5.47. The third-order valence-electron chi connectivity index (χ3n) is 5.47. The van der Waals surface area contributed by atoms with Crippen molar-refractivity contribution in [2.24, 2.45) is 0 Å². The number of hydrogen-bond acceptors (Lipinski definition) is 3. The highest BCUT2D eigenvalue weighted by Crippen LogP contribution is 2.29. The maximum absolute atomic E-state index is 11.7. The molecule has 0 bridgehead atoms. The van der Waals surface area contributed by atoms with Crippen LogP contribution in [0.25, 0.3) is 22.3 Å². The predicted octanol–water partition coefficient (Wildman–Crippen LogP) is 5.78. The Morgan fingerprint density at radius 3 is 2.23 bits per heavy atom. The molecule has 0 heterocycles. The second kappa shape index (κ2) is 10.7. The highest BCUT2D eigenvalue weighted by molar-refractivity contribution is 5.86. The molecule has 0 spiro atoms. The smallest absolute Gasteiger partial charge is 0.333 e. The van der Waals surface area contributed by atoms with E-state index < -0.39 is 0 Å². The Labute approximate surface area is 185 Å².